The monoisotopic (exact) mass is 450 g/mol. The van der Waals surface area contributed by atoms with Gasteiger partial charge in [0.25, 0.3) is 11.8 Å². The largest absolute Gasteiger partial charge is 0.493 e. The molecule has 1 saturated carbocycles. The van der Waals surface area contributed by atoms with E-state index < -0.39 is 0 Å². The summed E-state index contributed by atoms with van der Waals surface area (Å²) in [5.41, 5.74) is 1.69. The van der Waals surface area contributed by atoms with E-state index in [4.69, 9.17) is 21.1 Å². The number of hydrogen-bond donors (Lipinski definition) is 0. The molecule has 2 bridgehead atoms. The second kappa shape index (κ2) is 8.43. The van der Waals surface area contributed by atoms with Gasteiger partial charge in [-0.2, -0.15) is 10.1 Å². The van der Waals surface area contributed by atoms with Crippen LogP contribution in [0, 0.1) is 23.7 Å². The molecule has 2 aromatic carbocycles. The van der Waals surface area contributed by atoms with Crippen molar-refractivity contribution in [2.24, 2.45) is 28.8 Å². The summed E-state index contributed by atoms with van der Waals surface area (Å²) in [6, 6.07) is 12.8. The molecule has 2 amide bonds. The van der Waals surface area contributed by atoms with Gasteiger partial charge in [-0.05, 0) is 66.1 Å². The number of hydrogen-bond acceptors (Lipinski definition) is 5. The number of nitrogens with zero attached hydrogens (tertiary/aromatic N) is 2. The van der Waals surface area contributed by atoms with Gasteiger partial charge in [-0.1, -0.05) is 35.9 Å². The predicted octanol–water partition coefficient (Wildman–Crippen LogP) is 4.46. The Labute approximate surface area is 191 Å². The second-order valence-electron chi connectivity index (χ2n) is 8.40. The maximum atomic E-state index is 12.9. The van der Waals surface area contributed by atoms with Gasteiger partial charge in [0, 0.05) is 5.02 Å². The normalized spacial score (nSPS) is 26.1. The highest BCUT2D eigenvalue weighted by molar-refractivity contribution is 6.30. The van der Waals surface area contributed by atoms with Crippen LogP contribution in [0.15, 0.2) is 59.7 Å². The van der Waals surface area contributed by atoms with Crippen molar-refractivity contribution in [3.05, 3.63) is 70.8 Å². The van der Waals surface area contributed by atoms with Gasteiger partial charge in [0.05, 0.1) is 25.2 Å². The fourth-order valence-corrected chi connectivity index (χ4v) is 5.05. The molecule has 164 valence electrons. The van der Waals surface area contributed by atoms with E-state index in [1.165, 1.54) is 6.21 Å². The molecule has 1 heterocycles. The van der Waals surface area contributed by atoms with Gasteiger partial charge in [-0.15, -0.1) is 0 Å². The number of ether oxygens (including phenoxy) is 2. The third-order valence-electron chi connectivity index (χ3n) is 6.55. The van der Waals surface area contributed by atoms with E-state index in [-0.39, 0.29) is 35.5 Å². The van der Waals surface area contributed by atoms with Crippen molar-refractivity contribution in [3.63, 3.8) is 0 Å². The van der Waals surface area contributed by atoms with Crippen LogP contribution in [0.1, 0.15) is 24.0 Å². The lowest BCUT2D eigenvalue weighted by Crippen LogP contribution is -2.38. The first-order chi connectivity index (χ1) is 15.5. The van der Waals surface area contributed by atoms with Crippen LogP contribution in [0.5, 0.6) is 11.5 Å². The highest BCUT2D eigenvalue weighted by Crippen LogP contribution is 2.49. The molecule has 0 N–H and O–H groups in total. The first-order valence-electron chi connectivity index (χ1n) is 10.7. The van der Waals surface area contributed by atoms with Crippen molar-refractivity contribution in [1.82, 2.24) is 5.01 Å². The molecule has 1 aliphatic heterocycles. The molecule has 4 atom stereocenters. The Hall–Kier alpha value is -3.12. The van der Waals surface area contributed by atoms with Crippen molar-refractivity contribution in [1.29, 1.82) is 0 Å². The summed E-state index contributed by atoms with van der Waals surface area (Å²) in [7, 11) is 1.56. The molecule has 4 unspecified atom stereocenters. The second-order valence-corrected chi connectivity index (χ2v) is 8.84. The molecule has 7 heteroatoms. The topological polar surface area (TPSA) is 68.2 Å². The molecular formula is C25H23ClN2O4. The minimum absolute atomic E-state index is 0.152. The Balaban J connectivity index is 1.30. The van der Waals surface area contributed by atoms with Crippen LogP contribution in [-0.2, 0) is 16.2 Å². The first kappa shape index (κ1) is 20.8. The Bertz CT molecular complexity index is 1080. The SMILES string of the molecule is COc1cc(/C=N/N2C(=O)C3C4C=CC(CC4)C3C2=O)ccc1OCc1ccc(Cl)cc1. The van der Waals surface area contributed by atoms with E-state index in [0.717, 1.165) is 23.4 Å². The summed E-state index contributed by atoms with van der Waals surface area (Å²) in [5, 5.41) is 5.99. The lowest BCUT2D eigenvalue weighted by Gasteiger charge is -2.37. The number of benzene rings is 2. The number of allylic oxidation sites excluding steroid dienone is 2. The van der Waals surface area contributed by atoms with Crippen molar-refractivity contribution in [2.75, 3.05) is 7.11 Å². The molecule has 32 heavy (non-hydrogen) atoms. The standard InChI is InChI=1S/C25H23ClN2O4/c1-31-21-12-16(4-11-20(21)32-14-15-2-9-19(26)10-3-15)13-27-28-24(29)22-17-5-6-18(8-7-17)23(22)25(28)30/h2-6,9-13,17-18,22-23H,7-8,14H2,1H3/b27-13+. The number of halogens is 1. The van der Waals surface area contributed by atoms with Gasteiger partial charge < -0.3 is 9.47 Å². The van der Waals surface area contributed by atoms with Crippen LogP contribution in [0.3, 0.4) is 0 Å². The quantitative estimate of drug-likeness (QED) is 0.370. The van der Waals surface area contributed by atoms with E-state index in [1.54, 1.807) is 19.2 Å². The number of carbonyl (C=O) groups excluding carboxylic acids is 2. The molecule has 6 rings (SSSR count). The molecule has 1 saturated heterocycles. The molecule has 3 aliphatic carbocycles. The highest BCUT2D eigenvalue weighted by Gasteiger charge is 2.56. The smallest absolute Gasteiger partial charge is 0.254 e. The molecule has 2 aromatic rings. The lowest BCUT2D eigenvalue weighted by molar-refractivity contribution is -0.140. The summed E-state index contributed by atoms with van der Waals surface area (Å²) in [6.45, 7) is 0.372. The van der Waals surface area contributed by atoms with Gasteiger partial charge in [0.2, 0.25) is 0 Å². The predicted molar refractivity (Wildman–Crippen MR) is 121 cm³/mol. The Morgan fingerprint density at radius 2 is 1.66 bits per heavy atom. The maximum Gasteiger partial charge on any atom is 0.254 e. The summed E-state index contributed by atoms with van der Waals surface area (Å²) < 4.78 is 11.3. The minimum atomic E-state index is -0.262. The van der Waals surface area contributed by atoms with E-state index >= 15 is 0 Å². The van der Waals surface area contributed by atoms with Crippen molar-refractivity contribution in [3.8, 4) is 11.5 Å². The van der Waals surface area contributed by atoms with Crippen LogP contribution >= 0.6 is 11.6 Å². The number of rotatable bonds is 6. The van der Waals surface area contributed by atoms with E-state index in [2.05, 4.69) is 17.3 Å². The van der Waals surface area contributed by atoms with Gasteiger partial charge >= 0.3 is 0 Å². The number of carbonyl (C=O) groups is 2. The van der Waals surface area contributed by atoms with Gasteiger partial charge in [0.1, 0.15) is 6.61 Å². The van der Waals surface area contributed by atoms with Crippen molar-refractivity contribution in [2.45, 2.75) is 19.4 Å². The highest BCUT2D eigenvalue weighted by atomic mass is 35.5. The molecule has 0 spiro atoms. The van der Waals surface area contributed by atoms with Crippen LogP contribution in [-0.4, -0.2) is 30.1 Å². The number of hydrazone groups is 1. The van der Waals surface area contributed by atoms with E-state index in [0.29, 0.717) is 28.7 Å². The van der Waals surface area contributed by atoms with Gasteiger partial charge in [-0.25, -0.2) is 0 Å². The summed E-state index contributed by atoms with van der Waals surface area (Å²) in [5.74, 6) is 0.524. The summed E-state index contributed by atoms with van der Waals surface area (Å²) in [6.07, 6.45) is 7.65. The van der Waals surface area contributed by atoms with Crippen LogP contribution in [0.2, 0.25) is 5.02 Å². The third-order valence-corrected chi connectivity index (χ3v) is 6.81. The Morgan fingerprint density at radius 3 is 2.25 bits per heavy atom. The summed E-state index contributed by atoms with van der Waals surface area (Å²) in [4.78, 5) is 25.8. The molecule has 0 aromatic heterocycles. The fraction of sp³-hybridized carbons (Fsp3) is 0.320. The average Bonchev–Trinajstić information content (AvgIpc) is 3.10. The molecule has 4 aliphatic rings. The average molecular weight is 451 g/mol. The Morgan fingerprint density at radius 1 is 1.00 bits per heavy atom. The number of imide groups is 1. The molecular weight excluding hydrogens is 428 g/mol. The number of methoxy groups -OCH3 is 1. The summed E-state index contributed by atoms with van der Waals surface area (Å²) >= 11 is 5.92. The molecule has 0 radical (unpaired) electrons. The van der Waals surface area contributed by atoms with Crippen molar-refractivity contribution >= 4 is 29.6 Å². The first-order valence-corrected chi connectivity index (χ1v) is 11.1. The lowest BCUT2D eigenvalue weighted by atomic mass is 9.63. The third kappa shape index (κ3) is 3.69. The zero-order chi connectivity index (χ0) is 22.2. The van der Waals surface area contributed by atoms with Crippen LogP contribution < -0.4 is 9.47 Å². The van der Waals surface area contributed by atoms with Crippen LogP contribution in [0.25, 0.3) is 0 Å². The van der Waals surface area contributed by atoms with Crippen molar-refractivity contribution < 1.29 is 19.1 Å². The molecule has 6 nitrogen and oxygen atoms in total. The number of fused-ring (bicyclic) bond motifs is 1. The zero-order valence-corrected chi connectivity index (χ0v) is 18.4. The van der Waals surface area contributed by atoms with Gasteiger partial charge in [-0.3, -0.25) is 9.59 Å². The zero-order valence-electron chi connectivity index (χ0n) is 17.6. The van der Waals surface area contributed by atoms with Gasteiger partial charge in [0.15, 0.2) is 11.5 Å². The van der Waals surface area contributed by atoms with Crippen LogP contribution in [0.4, 0.5) is 0 Å². The van der Waals surface area contributed by atoms with E-state index in [9.17, 15) is 9.59 Å². The van der Waals surface area contributed by atoms with E-state index in [1.807, 2.05) is 30.3 Å². The fourth-order valence-electron chi connectivity index (χ4n) is 4.92. The maximum absolute atomic E-state index is 12.9. The minimum Gasteiger partial charge on any atom is -0.493 e. The number of amides is 2. The molecule has 2 fully saturated rings. The Kier molecular flexibility index (Phi) is 5.47.